The molecule has 1 aliphatic rings. The van der Waals surface area contributed by atoms with E-state index in [4.69, 9.17) is 14.6 Å². The van der Waals surface area contributed by atoms with Crippen LogP contribution in [-0.2, 0) is 23.9 Å². The van der Waals surface area contributed by atoms with Gasteiger partial charge >= 0.3 is 17.9 Å². The van der Waals surface area contributed by atoms with Gasteiger partial charge in [0.15, 0.2) is 0 Å². The Balaban J connectivity index is 2.85. The molecule has 0 aliphatic carbocycles. The fraction of sp³-hybridized carbons (Fsp3) is 0.526. The monoisotopic (exact) mass is 366 g/mol. The van der Waals surface area contributed by atoms with Crippen molar-refractivity contribution in [2.45, 2.75) is 45.6 Å². The van der Waals surface area contributed by atoms with E-state index < -0.39 is 23.8 Å². The first-order chi connectivity index (χ1) is 12.3. The third-order valence-corrected chi connectivity index (χ3v) is 3.96. The largest absolute Gasteiger partial charge is 0.478 e. The van der Waals surface area contributed by atoms with Crippen molar-refractivity contribution in [2.75, 3.05) is 13.2 Å². The van der Waals surface area contributed by atoms with Gasteiger partial charge in [0, 0.05) is 22.6 Å². The normalized spacial score (nSPS) is 18.2. The minimum Gasteiger partial charge on any atom is -0.478 e. The van der Waals surface area contributed by atoms with Gasteiger partial charge < -0.3 is 19.7 Å². The van der Waals surface area contributed by atoms with Gasteiger partial charge in [0.05, 0.1) is 6.61 Å². The summed E-state index contributed by atoms with van der Waals surface area (Å²) in [5.74, 6) is -3.38. The van der Waals surface area contributed by atoms with Crippen molar-refractivity contribution < 1.29 is 34.1 Å². The van der Waals surface area contributed by atoms with Gasteiger partial charge in [0.1, 0.15) is 12.7 Å². The second kappa shape index (κ2) is 10.6. The Hall–Kier alpha value is -2.41. The highest BCUT2D eigenvalue weighted by molar-refractivity contribution is 5.91. The zero-order valence-electron chi connectivity index (χ0n) is 15.2. The molecule has 1 saturated heterocycles. The zero-order valence-corrected chi connectivity index (χ0v) is 15.2. The van der Waals surface area contributed by atoms with Gasteiger partial charge in [-0.05, 0) is 19.8 Å². The molecule has 0 amide bonds. The Kier molecular flexibility index (Phi) is 8.78. The molecule has 1 heterocycles. The maximum Gasteiger partial charge on any atom is 0.333 e. The summed E-state index contributed by atoms with van der Waals surface area (Å²) >= 11 is 0. The number of ether oxygens (including phenoxy) is 2. The summed E-state index contributed by atoms with van der Waals surface area (Å²) < 4.78 is 9.95. The average molecular weight is 366 g/mol. The molecule has 1 aliphatic heterocycles. The molecule has 0 bridgehead atoms. The highest BCUT2D eigenvalue weighted by atomic mass is 16.6. The van der Waals surface area contributed by atoms with Crippen LogP contribution in [0.1, 0.15) is 39.5 Å². The summed E-state index contributed by atoms with van der Waals surface area (Å²) in [5.41, 5.74) is 0.275. The molecule has 1 rings (SSSR count). The van der Waals surface area contributed by atoms with Crippen molar-refractivity contribution >= 4 is 17.9 Å². The maximum atomic E-state index is 11.8. The molecule has 0 radical (unpaired) electrons. The summed E-state index contributed by atoms with van der Waals surface area (Å²) in [6.45, 7) is 7.76. The number of aliphatic carboxylic acids is 2. The Labute approximate surface area is 153 Å². The van der Waals surface area contributed by atoms with E-state index in [1.165, 1.54) is 19.1 Å². The lowest BCUT2D eigenvalue weighted by molar-refractivity contribution is -0.139. The van der Waals surface area contributed by atoms with Crippen molar-refractivity contribution in [1.82, 2.24) is 0 Å². The molecule has 0 aromatic heterocycles. The van der Waals surface area contributed by atoms with E-state index in [9.17, 15) is 19.5 Å². The Morgan fingerprint density at radius 1 is 1.31 bits per heavy atom. The minimum atomic E-state index is -1.15. The van der Waals surface area contributed by atoms with E-state index in [1.807, 2.05) is 6.92 Å². The number of allylic oxidation sites excluding steroid dienone is 2. The molecule has 0 aromatic rings. The van der Waals surface area contributed by atoms with Gasteiger partial charge in [-0.25, -0.2) is 14.4 Å². The standard InChI is InChI=1S/C19H26O7/c1-4-5-6-14(9-13(3)17(20)21)16(18(22)23)8-7-12(2)19(24)26-11-15-10-25-15/h8-9,14-15H,2,4-7,10-11H2,1,3H3,(H,20,21)(H,22,23). The molecule has 7 nitrogen and oxygen atoms in total. The SMILES string of the molecule is C=C(CC=C(C(=O)O)C(C=C(C)C(=O)O)CCCC)C(=O)OCC1CO1. The van der Waals surface area contributed by atoms with Crippen LogP contribution in [0.4, 0.5) is 0 Å². The van der Waals surface area contributed by atoms with E-state index in [0.29, 0.717) is 13.0 Å². The molecule has 2 unspecified atom stereocenters. The zero-order chi connectivity index (χ0) is 19.7. The van der Waals surface area contributed by atoms with Gasteiger partial charge in [-0.1, -0.05) is 38.5 Å². The fourth-order valence-corrected chi connectivity index (χ4v) is 2.27. The number of epoxide rings is 1. The van der Waals surface area contributed by atoms with Gasteiger partial charge in [0.25, 0.3) is 0 Å². The summed E-state index contributed by atoms with van der Waals surface area (Å²) in [7, 11) is 0. The number of carbonyl (C=O) groups excluding carboxylic acids is 1. The molecule has 7 heteroatoms. The van der Waals surface area contributed by atoms with Gasteiger partial charge in [-0.15, -0.1) is 0 Å². The number of hydrogen-bond donors (Lipinski definition) is 2. The first kappa shape index (κ1) is 21.6. The van der Waals surface area contributed by atoms with Crippen LogP contribution < -0.4 is 0 Å². The second-order valence-electron chi connectivity index (χ2n) is 6.23. The van der Waals surface area contributed by atoms with Crippen molar-refractivity contribution in [1.29, 1.82) is 0 Å². The molecule has 0 spiro atoms. The van der Waals surface area contributed by atoms with Crippen LogP contribution in [0.2, 0.25) is 0 Å². The van der Waals surface area contributed by atoms with E-state index in [1.54, 1.807) is 0 Å². The van der Waals surface area contributed by atoms with Gasteiger partial charge in [-0.3, -0.25) is 0 Å². The van der Waals surface area contributed by atoms with Crippen LogP contribution >= 0.6 is 0 Å². The highest BCUT2D eigenvalue weighted by Gasteiger charge is 2.25. The lowest BCUT2D eigenvalue weighted by Gasteiger charge is -2.15. The first-order valence-electron chi connectivity index (χ1n) is 8.57. The number of hydrogen-bond acceptors (Lipinski definition) is 5. The molecular formula is C19H26O7. The number of carboxylic acids is 2. The van der Waals surface area contributed by atoms with Gasteiger partial charge in [0.2, 0.25) is 0 Å². The fourth-order valence-electron chi connectivity index (χ4n) is 2.27. The third kappa shape index (κ3) is 7.65. The molecule has 2 atom stereocenters. The second-order valence-corrected chi connectivity index (χ2v) is 6.23. The van der Waals surface area contributed by atoms with Crippen LogP contribution in [0.3, 0.4) is 0 Å². The Morgan fingerprint density at radius 3 is 2.46 bits per heavy atom. The molecule has 26 heavy (non-hydrogen) atoms. The predicted octanol–water partition coefficient (Wildman–Crippen LogP) is 2.72. The molecular weight excluding hydrogens is 340 g/mol. The summed E-state index contributed by atoms with van der Waals surface area (Å²) in [5, 5.41) is 18.6. The molecule has 0 aromatic carbocycles. The van der Waals surface area contributed by atoms with E-state index >= 15 is 0 Å². The van der Waals surface area contributed by atoms with E-state index in [-0.39, 0.29) is 35.9 Å². The molecule has 144 valence electrons. The molecule has 2 N–H and O–H groups in total. The van der Waals surface area contributed by atoms with Crippen LogP contribution in [0.15, 0.2) is 35.5 Å². The predicted molar refractivity (Wildman–Crippen MR) is 94.6 cm³/mol. The minimum absolute atomic E-state index is 0.0224. The quantitative estimate of drug-likeness (QED) is 0.310. The summed E-state index contributed by atoms with van der Waals surface area (Å²) in [6, 6.07) is 0. The Bertz CT molecular complexity index is 611. The maximum absolute atomic E-state index is 11.8. The number of esters is 1. The number of unbranched alkanes of at least 4 members (excludes halogenated alkanes) is 1. The number of carbonyl (C=O) groups is 3. The van der Waals surface area contributed by atoms with E-state index in [0.717, 1.165) is 12.8 Å². The average Bonchev–Trinajstić information content (AvgIpc) is 3.40. The van der Waals surface area contributed by atoms with Crippen molar-refractivity contribution in [3.8, 4) is 0 Å². The van der Waals surface area contributed by atoms with Crippen LogP contribution in [0.5, 0.6) is 0 Å². The van der Waals surface area contributed by atoms with Crippen molar-refractivity contribution in [3.05, 3.63) is 35.5 Å². The van der Waals surface area contributed by atoms with Crippen LogP contribution in [-0.4, -0.2) is 47.4 Å². The number of rotatable bonds is 12. The smallest absolute Gasteiger partial charge is 0.333 e. The van der Waals surface area contributed by atoms with Crippen LogP contribution in [0, 0.1) is 5.92 Å². The highest BCUT2D eigenvalue weighted by Crippen LogP contribution is 2.23. The Morgan fingerprint density at radius 2 is 1.96 bits per heavy atom. The number of carboxylic acid groups (broad SMARTS) is 2. The van der Waals surface area contributed by atoms with Crippen molar-refractivity contribution in [3.63, 3.8) is 0 Å². The summed E-state index contributed by atoms with van der Waals surface area (Å²) in [6.07, 6.45) is 4.94. The lowest BCUT2D eigenvalue weighted by Crippen LogP contribution is -2.14. The lowest BCUT2D eigenvalue weighted by atomic mass is 9.90. The summed E-state index contributed by atoms with van der Waals surface area (Å²) in [4.78, 5) is 34.5. The van der Waals surface area contributed by atoms with E-state index in [2.05, 4.69) is 6.58 Å². The van der Waals surface area contributed by atoms with Crippen molar-refractivity contribution in [2.24, 2.45) is 5.92 Å². The topological polar surface area (TPSA) is 113 Å². The molecule has 1 fully saturated rings. The molecule has 0 saturated carbocycles. The van der Waals surface area contributed by atoms with Gasteiger partial charge in [-0.2, -0.15) is 0 Å². The first-order valence-corrected chi connectivity index (χ1v) is 8.57. The van der Waals surface area contributed by atoms with Crippen LogP contribution in [0.25, 0.3) is 0 Å². The third-order valence-electron chi connectivity index (χ3n) is 3.96.